The van der Waals surface area contributed by atoms with Crippen molar-refractivity contribution in [2.24, 2.45) is 0 Å². The maximum Gasteiger partial charge on any atom is 0.0320 e. The van der Waals surface area contributed by atoms with Crippen molar-refractivity contribution < 1.29 is 0 Å². The molecule has 0 saturated heterocycles. The van der Waals surface area contributed by atoms with Crippen molar-refractivity contribution in [2.75, 3.05) is 0 Å². The van der Waals surface area contributed by atoms with Gasteiger partial charge in [0, 0.05) is 4.77 Å². The summed E-state index contributed by atoms with van der Waals surface area (Å²) >= 11 is 0. The zero-order valence-electron chi connectivity index (χ0n) is 6.88. The van der Waals surface area contributed by atoms with Crippen LogP contribution in [0.5, 0.6) is 0 Å². The normalized spacial score (nSPS) is 12.6. The molecule has 0 radical (unpaired) electrons. The minimum Gasteiger partial charge on any atom is -0.0664 e. The Hall–Kier alpha value is 0.160. The second-order valence-electron chi connectivity index (χ2n) is 2.45. The van der Waals surface area contributed by atoms with Crippen LogP contribution in [-0.4, -0.2) is 0 Å². The molecule has 0 aliphatic rings. The van der Waals surface area contributed by atoms with Crippen LogP contribution in [-0.2, 0) is 0 Å². The van der Waals surface area contributed by atoms with E-state index in [0.717, 1.165) is 8.58 Å². The molecule has 1 unspecified atom stereocenters. The highest BCUT2D eigenvalue weighted by Crippen LogP contribution is 2.26. The molecule has 0 nitrogen and oxygen atoms in total. The van der Waals surface area contributed by atoms with Gasteiger partial charge in [0.1, 0.15) is 0 Å². The van der Waals surface area contributed by atoms with Gasteiger partial charge in [-0.1, -0.05) is 54.9 Å². The van der Waals surface area contributed by atoms with Gasteiger partial charge in [-0.2, -0.15) is 0 Å². The molecule has 1 aromatic carbocycles. The third kappa shape index (κ3) is 3.09. The molecule has 13 heavy (non-hydrogen) atoms. The fourth-order valence-corrected chi connectivity index (χ4v) is 7.28. The predicted octanol–water partition coefficient (Wildman–Crippen LogP) is 4.06. The van der Waals surface area contributed by atoms with Gasteiger partial charge in [0.05, 0.1) is 0 Å². The first-order chi connectivity index (χ1) is 6.45. The Labute approximate surface area is 84.9 Å². The van der Waals surface area contributed by atoms with E-state index in [1.807, 2.05) is 0 Å². The number of rotatable bonds is 2. The predicted molar refractivity (Wildman–Crippen MR) is 68.0 cm³/mol. The number of benzene rings is 1. The van der Waals surface area contributed by atoms with Crippen LogP contribution in [0.1, 0.15) is 0 Å². The van der Waals surface area contributed by atoms with Crippen LogP contribution in [0.4, 0.5) is 0 Å². The molecule has 0 N–H and O–H groups in total. The van der Waals surface area contributed by atoms with Gasteiger partial charge in [-0.05, 0) is 24.9 Å². The number of hydrogen-bond acceptors (Lipinski definition) is 0. The van der Waals surface area contributed by atoms with Crippen molar-refractivity contribution in [2.45, 2.75) is 0 Å². The van der Waals surface area contributed by atoms with Crippen molar-refractivity contribution in [3.8, 4) is 0 Å². The zero-order valence-corrected chi connectivity index (χ0v) is 10.6. The monoisotopic (exact) mass is 240 g/mol. The third-order valence-electron chi connectivity index (χ3n) is 1.52. The van der Waals surface area contributed by atoms with E-state index in [-0.39, 0.29) is 0 Å². The Balaban J connectivity index is 2.16. The number of hydrogen-bond donors (Lipinski definition) is 0. The molecule has 0 fully saturated rings. The summed E-state index contributed by atoms with van der Waals surface area (Å²) in [7, 11) is 5.14. The summed E-state index contributed by atoms with van der Waals surface area (Å²) in [5.74, 6) is 0. The van der Waals surface area contributed by atoms with Crippen LogP contribution in [0.25, 0.3) is 0 Å². The molecule has 1 atom stereocenters. The van der Waals surface area contributed by atoms with Gasteiger partial charge >= 0.3 is 0 Å². The average Bonchev–Trinajstić information content (AvgIpc) is 2.21. The molecule has 0 aliphatic carbocycles. The third-order valence-corrected chi connectivity index (χ3v) is 6.99. The van der Waals surface area contributed by atoms with Crippen molar-refractivity contribution >= 4 is 43.2 Å². The van der Waals surface area contributed by atoms with E-state index in [2.05, 4.69) is 41.4 Å². The Kier molecular flexibility index (Phi) is 3.84. The lowest BCUT2D eigenvalue weighted by Crippen LogP contribution is -1.95. The van der Waals surface area contributed by atoms with Gasteiger partial charge in [-0.15, -0.1) is 0 Å². The van der Waals surface area contributed by atoms with Crippen LogP contribution in [0.3, 0.4) is 0 Å². The average molecular weight is 240 g/mol. The van der Waals surface area contributed by atoms with Crippen molar-refractivity contribution in [1.29, 1.82) is 0 Å². The Morgan fingerprint density at radius 2 is 1.62 bits per heavy atom. The van der Waals surface area contributed by atoms with E-state index in [0.29, 0.717) is 0 Å². The van der Waals surface area contributed by atoms with Crippen molar-refractivity contribution in [1.82, 2.24) is 0 Å². The first kappa shape index (κ1) is 9.71. The topological polar surface area (TPSA) is 0 Å². The summed E-state index contributed by atoms with van der Waals surface area (Å²) in [6, 6.07) is 10.7. The fraction of sp³-hybridized carbons (Fsp3) is 0. The Morgan fingerprint density at radius 3 is 2.31 bits per heavy atom. The van der Waals surface area contributed by atoms with Crippen LogP contribution in [0.2, 0.25) is 0 Å². The molecule has 2 aromatic rings. The van der Waals surface area contributed by atoms with E-state index < -0.39 is 0 Å². The van der Waals surface area contributed by atoms with Gasteiger partial charge in [-0.25, -0.2) is 0 Å². The van der Waals surface area contributed by atoms with Gasteiger partial charge in [-0.3, -0.25) is 0 Å². The lowest BCUT2D eigenvalue weighted by Gasteiger charge is -1.98. The lowest BCUT2D eigenvalue weighted by atomic mass is 10.4. The maximum absolute atomic E-state index is 2.31. The van der Waals surface area contributed by atoms with Gasteiger partial charge < -0.3 is 0 Å². The minimum atomic E-state index is 0.879. The molecule has 0 amide bonds. The highest BCUT2D eigenvalue weighted by molar-refractivity contribution is 7.80. The minimum absolute atomic E-state index is 0.879. The molecule has 64 valence electrons. The van der Waals surface area contributed by atoms with Gasteiger partial charge in [0.15, 0.2) is 0 Å². The van der Waals surface area contributed by atoms with E-state index in [4.69, 9.17) is 0 Å². The van der Waals surface area contributed by atoms with E-state index >= 15 is 0 Å². The smallest absolute Gasteiger partial charge is 0.0320 e. The molecule has 0 bridgehead atoms. The standard InChI is InChI=1S/C9H8P4/c1-2-4-8(5-3-1)13-9-11-6-10-7-12-9/h1-7,13H. The highest BCUT2D eigenvalue weighted by Gasteiger charge is 1.93. The molecule has 2 rings (SSSR count). The summed E-state index contributed by atoms with van der Waals surface area (Å²) < 4.78 is 1.62. The SMILES string of the molecule is c1ccc(Pc2pcpcp2)cc1. The summed E-state index contributed by atoms with van der Waals surface area (Å²) in [6.45, 7) is 0. The summed E-state index contributed by atoms with van der Waals surface area (Å²) in [4.78, 5) is 0. The molecule has 0 aliphatic heterocycles. The van der Waals surface area contributed by atoms with E-state index in [1.54, 1.807) is 4.77 Å². The van der Waals surface area contributed by atoms with E-state index in [9.17, 15) is 0 Å². The second kappa shape index (κ2) is 5.14. The first-order valence-corrected chi connectivity index (χ1v) is 7.85. The van der Waals surface area contributed by atoms with Gasteiger partial charge in [0.25, 0.3) is 0 Å². The Morgan fingerprint density at radius 1 is 0.923 bits per heavy atom. The summed E-state index contributed by atoms with van der Waals surface area (Å²) in [6.07, 6.45) is 0. The zero-order chi connectivity index (χ0) is 8.93. The molecule has 1 heterocycles. The largest absolute Gasteiger partial charge is 0.0664 e. The van der Waals surface area contributed by atoms with Gasteiger partial charge in [0.2, 0.25) is 0 Å². The van der Waals surface area contributed by atoms with Crippen molar-refractivity contribution in [3.63, 3.8) is 0 Å². The fourth-order valence-electron chi connectivity index (χ4n) is 0.954. The van der Waals surface area contributed by atoms with Crippen LogP contribution < -0.4 is 10.1 Å². The van der Waals surface area contributed by atoms with Crippen molar-refractivity contribution in [3.05, 3.63) is 41.4 Å². The molecule has 1 aromatic heterocycles. The highest BCUT2D eigenvalue weighted by atomic mass is 31.2. The quantitative estimate of drug-likeness (QED) is 0.694. The molecule has 0 saturated carbocycles. The van der Waals surface area contributed by atoms with E-state index in [1.165, 1.54) is 29.9 Å². The molecular formula is C9H8P4. The molecule has 4 heteroatoms. The summed E-state index contributed by atoms with van der Waals surface area (Å²) in [5, 5.41) is 1.46. The van der Waals surface area contributed by atoms with Crippen LogP contribution in [0.15, 0.2) is 41.4 Å². The summed E-state index contributed by atoms with van der Waals surface area (Å²) in [5.41, 5.74) is 4.61. The lowest BCUT2D eigenvalue weighted by molar-refractivity contribution is 1.78. The molecule has 0 spiro atoms. The molecular weight excluding hydrogens is 232 g/mol. The first-order valence-electron chi connectivity index (χ1n) is 3.89. The van der Waals surface area contributed by atoms with Crippen LogP contribution in [0, 0.1) is 0 Å². The maximum atomic E-state index is 2.31. The second-order valence-corrected chi connectivity index (χ2v) is 8.53. The Bertz CT molecular complexity index is 322. The van der Waals surface area contributed by atoms with Crippen LogP contribution >= 0.6 is 33.2 Å².